The van der Waals surface area contributed by atoms with Gasteiger partial charge in [0.1, 0.15) is 6.61 Å². The summed E-state index contributed by atoms with van der Waals surface area (Å²) >= 11 is 0. The normalized spacial score (nSPS) is 24.3. The lowest BCUT2D eigenvalue weighted by atomic mass is 9.96. The van der Waals surface area contributed by atoms with Crippen LogP contribution in [0.5, 0.6) is 0 Å². The molecule has 2 atom stereocenters. The van der Waals surface area contributed by atoms with Crippen molar-refractivity contribution >= 4 is 11.8 Å². The molecule has 0 aromatic heterocycles. The molecule has 2 aliphatic rings. The fraction of sp³-hybridized carbons (Fsp3) is 0.579. The van der Waals surface area contributed by atoms with Gasteiger partial charge < -0.3 is 15.0 Å². The summed E-state index contributed by atoms with van der Waals surface area (Å²) in [5.41, 5.74) is 0.960. The minimum atomic E-state index is -0.641. The zero-order chi connectivity index (χ0) is 17.1. The number of morpholine rings is 1. The highest BCUT2D eigenvalue weighted by Gasteiger charge is 2.47. The Balaban J connectivity index is 1.80. The zero-order valence-corrected chi connectivity index (χ0v) is 14.4. The number of hydrogen-bond acceptors (Lipinski definition) is 3. The number of carbonyl (C=O) groups is 2. The average molecular weight is 330 g/mol. The molecule has 0 radical (unpaired) electrons. The Morgan fingerprint density at radius 2 is 2.00 bits per heavy atom. The highest BCUT2D eigenvalue weighted by Crippen LogP contribution is 2.39. The van der Waals surface area contributed by atoms with Gasteiger partial charge in [-0.05, 0) is 30.7 Å². The standard InChI is InChI=1S/C19H26N2O3/c1-13(2)10-11-20-19(23)18-17(14-6-4-3-5-7-14)21(15-8-9-15)16(22)12-24-18/h3-7,13,15,17-18H,8-12H2,1-2H3,(H,20,23)/t17-,18+/m0/s1. The number of hydrogen-bond donors (Lipinski definition) is 1. The largest absolute Gasteiger partial charge is 0.356 e. The molecular formula is C19H26N2O3. The van der Waals surface area contributed by atoms with E-state index in [1.807, 2.05) is 35.2 Å². The van der Waals surface area contributed by atoms with Gasteiger partial charge in [0, 0.05) is 12.6 Å². The SMILES string of the molecule is CC(C)CCNC(=O)[C@@H]1OCC(=O)N(C2CC2)[C@H]1c1ccccc1. The van der Waals surface area contributed by atoms with Crippen LogP contribution in [0.15, 0.2) is 30.3 Å². The van der Waals surface area contributed by atoms with E-state index in [1.54, 1.807) is 0 Å². The van der Waals surface area contributed by atoms with Gasteiger partial charge in [-0.3, -0.25) is 9.59 Å². The fourth-order valence-electron chi connectivity index (χ4n) is 3.20. The molecule has 1 saturated carbocycles. The topological polar surface area (TPSA) is 58.6 Å². The summed E-state index contributed by atoms with van der Waals surface area (Å²) in [6.45, 7) is 4.88. The fourth-order valence-corrected chi connectivity index (χ4v) is 3.20. The maximum atomic E-state index is 12.7. The van der Waals surface area contributed by atoms with Crippen LogP contribution in [0.2, 0.25) is 0 Å². The molecule has 130 valence electrons. The molecule has 1 aromatic carbocycles. The number of amides is 2. The third-order valence-electron chi connectivity index (χ3n) is 4.62. The van der Waals surface area contributed by atoms with Gasteiger partial charge in [0.15, 0.2) is 6.10 Å². The van der Waals surface area contributed by atoms with Crippen LogP contribution in [0.3, 0.4) is 0 Å². The minimum absolute atomic E-state index is 0.0118. The van der Waals surface area contributed by atoms with Crippen LogP contribution in [0, 0.1) is 5.92 Å². The molecule has 1 heterocycles. The van der Waals surface area contributed by atoms with E-state index in [0.717, 1.165) is 24.8 Å². The van der Waals surface area contributed by atoms with E-state index in [9.17, 15) is 9.59 Å². The van der Waals surface area contributed by atoms with Crippen LogP contribution in [0.1, 0.15) is 44.7 Å². The summed E-state index contributed by atoms with van der Waals surface area (Å²) < 4.78 is 5.68. The van der Waals surface area contributed by atoms with Crippen molar-refractivity contribution < 1.29 is 14.3 Å². The Hall–Kier alpha value is -1.88. The molecule has 1 aliphatic carbocycles. The molecule has 1 N–H and O–H groups in total. The number of nitrogens with one attached hydrogen (secondary N) is 1. The predicted molar refractivity (Wildman–Crippen MR) is 91.3 cm³/mol. The van der Waals surface area contributed by atoms with E-state index in [4.69, 9.17) is 4.74 Å². The highest BCUT2D eigenvalue weighted by molar-refractivity contribution is 5.86. The van der Waals surface area contributed by atoms with Crippen molar-refractivity contribution in [3.63, 3.8) is 0 Å². The van der Waals surface area contributed by atoms with E-state index in [2.05, 4.69) is 19.2 Å². The number of benzene rings is 1. The Kier molecular flexibility index (Phi) is 5.19. The molecule has 5 heteroatoms. The quantitative estimate of drug-likeness (QED) is 0.870. The second-order valence-electron chi connectivity index (χ2n) is 7.09. The van der Waals surface area contributed by atoms with Crippen LogP contribution >= 0.6 is 0 Å². The van der Waals surface area contributed by atoms with Crippen molar-refractivity contribution in [3.8, 4) is 0 Å². The van der Waals surface area contributed by atoms with Crippen LogP contribution in [-0.2, 0) is 14.3 Å². The summed E-state index contributed by atoms with van der Waals surface area (Å²) in [5, 5.41) is 2.98. The third-order valence-corrected chi connectivity index (χ3v) is 4.62. The van der Waals surface area contributed by atoms with Gasteiger partial charge in [0.05, 0.1) is 6.04 Å². The van der Waals surface area contributed by atoms with E-state index in [0.29, 0.717) is 12.5 Å². The van der Waals surface area contributed by atoms with Crippen molar-refractivity contribution in [2.24, 2.45) is 5.92 Å². The van der Waals surface area contributed by atoms with Crippen LogP contribution < -0.4 is 5.32 Å². The highest BCUT2D eigenvalue weighted by atomic mass is 16.5. The van der Waals surface area contributed by atoms with Crippen molar-refractivity contribution in [2.45, 2.75) is 51.3 Å². The monoisotopic (exact) mass is 330 g/mol. The van der Waals surface area contributed by atoms with Crippen molar-refractivity contribution in [1.82, 2.24) is 10.2 Å². The minimum Gasteiger partial charge on any atom is -0.356 e. The number of carbonyl (C=O) groups excluding carboxylic acids is 2. The Bertz CT molecular complexity index is 584. The maximum absolute atomic E-state index is 12.7. The first-order chi connectivity index (χ1) is 11.6. The first-order valence-electron chi connectivity index (χ1n) is 8.83. The lowest BCUT2D eigenvalue weighted by Crippen LogP contribution is -2.55. The number of ether oxygens (including phenoxy) is 1. The zero-order valence-electron chi connectivity index (χ0n) is 14.4. The van der Waals surface area contributed by atoms with E-state index in [1.165, 1.54) is 0 Å². The molecule has 1 aliphatic heterocycles. The lowest BCUT2D eigenvalue weighted by molar-refractivity contribution is -0.165. The van der Waals surface area contributed by atoms with Gasteiger partial charge in [-0.15, -0.1) is 0 Å². The molecule has 1 saturated heterocycles. The number of rotatable bonds is 6. The number of nitrogens with zero attached hydrogens (tertiary/aromatic N) is 1. The van der Waals surface area contributed by atoms with E-state index in [-0.39, 0.29) is 30.5 Å². The van der Waals surface area contributed by atoms with E-state index < -0.39 is 6.10 Å². The lowest BCUT2D eigenvalue weighted by Gasteiger charge is -2.40. The molecule has 0 bridgehead atoms. The van der Waals surface area contributed by atoms with Gasteiger partial charge in [-0.25, -0.2) is 0 Å². The van der Waals surface area contributed by atoms with Crippen molar-refractivity contribution in [1.29, 1.82) is 0 Å². The van der Waals surface area contributed by atoms with Crippen molar-refractivity contribution in [2.75, 3.05) is 13.2 Å². The molecule has 5 nitrogen and oxygen atoms in total. The molecule has 2 fully saturated rings. The second kappa shape index (κ2) is 7.34. The van der Waals surface area contributed by atoms with Crippen LogP contribution in [-0.4, -0.2) is 42.0 Å². The van der Waals surface area contributed by atoms with Gasteiger partial charge >= 0.3 is 0 Å². The molecule has 2 amide bonds. The average Bonchev–Trinajstić information content (AvgIpc) is 3.39. The summed E-state index contributed by atoms with van der Waals surface area (Å²) in [6.07, 6.45) is 2.31. The Morgan fingerprint density at radius 3 is 2.62 bits per heavy atom. The van der Waals surface area contributed by atoms with Crippen molar-refractivity contribution in [3.05, 3.63) is 35.9 Å². The second-order valence-corrected chi connectivity index (χ2v) is 7.09. The molecule has 0 spiro atoms. The van der Waals surface area contributed by atoms with Gasteiger partial charge in [-0.1, -0.05) is 44.2 Å². The molecular weight excluding hydrogens is 304 g/mol. The molecule has 0 unspecified atom stereocenters. The third kappa shape index (κ3) is 3.78. The summed E-state index contributed by atoms with van der Waals surface area (Å²) in [5.74, 6) is 0.396. The smallest absolute Gasteiger partial charge is 0.251 e. The van der Waals surface area contributed by atoms with Crippen LogP contribution in [0.25, 0.3) is 0 Å². The molecule has 3 rings (SSSR count). The molecule has 24 heavy (non-hydrogen) atoms. The Labute approximate surface area is 143 Å². The van der Waals surface area contributed by atoms with Gasteiger partial charge in [-0.2, -0.15) is 0 Å². The van der Waals surface area contributed by atoms with Crippen LogP contribution in [0.4, 0.5) is 0 Å². The summed E-state index contributed by atoms with van der Waals surface area (Å²) in [4.78, 5) is 27.0. The maximum Gasteiger partial charge on any atom is 0.251 e. The molecule has 1 aromatic rings. The predicted octanol–water partition coefficient (Wildman–Crippen LogP) is 2.28. The Morgan fingerprint density at radius 1 is 1.29 bits per heavy atom. The first kappa shape index (κ1) is 17.0. The van der Waals surface area contributed by atoms with E-state index >= 15 is 0 Å². The van der Waals surface area contributed by atoms with Gasteiger partial charge in [0.25, 0.3) is 5.91 Å². The summed E-state index contributed by atoms with van der Waals surface area (Å²) in [7, 11) is 0. The van der Waals surface area contributed by atoms with Gasteiger partial charge in [0.2, 0.25) is 5.91 Å². The summed E-state index contributed by atoms with van der Waals surface area (Å²) in [6, 6.07) is 9.66. The first-order valence-corrected chi connectivity index (χ1v) is 8.83.